The number of para-hydroxylation sites is 1. The Balaban J connectivity index is 1.57. The van der Waals surface area contributed by atoms with Crippen LogP contribution in [0, 0.1) is 6.92 Å². The van der Waals surface area contributed by atoms with Crippen molar-refractivity contribution in [2.45, 2.75) is 24.4 Å². The lowest BCUT2D eigenvalue weighted by atomic mass is 10.1. The number of hydrogen-bond donors (Lipinski definition) is 2. The average molecular weight is 577 g/mol. The summed E-state index contributed by atoms with van der Waals surface area (Å²) in [4.78, 5) is 12.5. The molecule has 0 aliphatic heterocycles. The molecule has 3 aromatic carbocycles. The van der Waals surface area contributed by atoms with Gasteiger partial charge in [-0.25, -0.2) is 4.79 Å². The maximum absolute atomic E-state index is 12.5. The van der Waals surface area contributed by atoms with E-state index in [1.807, 2.05) is 41.0 Å². The second-order valence-corrected chi connectivity index (χ2v) is 9.97. The average Bonchev–Trinajstić information content (AvgIpc) is 3.21. The quantitative estimate of drug-likeness (QED) is 0.227. The molecule has 34 heavy (non-hydrogen) atoms. The van der Waals surface area contributed by atoms with Gasteiger partial charge in [-0.2, -0.15) is 0 Å². The Morgan fingerprint density at radius 2 is 1.82 bits per heavy atom. The van der Waals surface area contributed by atoms with Crippen molar-refractivity contribution < 1.29 is 4.79 Å². The number of aromatic nitrogens is 3. The molecule has 4 rings (SSSR count). The predicted molar refractivity (Wildman–Crippen MR) is 142 cm³/mol. The second kappa shape index (κ2) is 11.3. The van der Waals surface area contributed by atoms with Gasteiger partial charge >= 0.3 is 6.03 Å². The molecule has 1 heterocycles. The number of rotatable bonds is 7. The molecule has 0 aliphatic carbocycles. The van der Waals surface area contributed by atoms with Crippen molar-refractivity contribution in [3.8, 4) is 5.69 Å². The Kier molecular flexibility index (Phi) is 8.15. The zero-order chi connectivity index (χ0) is 24.1. The molecule has 6 nitrogen and oxygen atoms in total. The number of nitrogens with one attached hydrogen (secondary N) is 2. The fourth-order valence-electron chi connectivity index (χ4n) is 3.22. The van der Waals surface area contributed by atoms with E-state index in [-0.39, 0.29) is 12.6 Å². The summed E-state index contributed by atoms with van der Waals surface area (Å²) < 4.78 is 2.64. The van der Waals surface area contributed by atoms with Crippen LogP contribution in [0.3, 0.4) is 0 Å². The van der Waals surface area contributed by atoms with E-state index in [0.29, 0.717) is 38.2 Å². The minimum Gasteiger partial charge on any atom is -0.331 e. The summed E-state index contributed by atoms with van der Waals surface area (Å²) in [5, 5.41) is 16.0. The molecule has 1 aromatic heterocycles. The highest BCUT2D eigenvalue weighted by Gasteiger charge is 2.18. The molecule has 0 fully saturated rings. The maximum atomic E-state index is 12.5. The second-order valence-electron chi connectivity index (χ2n) is 7.33. The number of aryl methyl sites for hydroxylation is 1. The molecule has 0 aliphatic rings. The number of hydrogen-bond acceptors (Lipinski definition) is 4. The number of nitrogens with zero attached hydrogens (tertiary/aromatic N) is 3. The highest BCUT2D eigenvalue weighted by molar-refractivity contribution is 9.10. The number of urea groups is 1. The number of carbonyl (C=O) groups excluding carboxylic acids is 1. The zero-order valence-electron chi connectivity index (χ0n) is 18.1. The van der Waals surface area contributed by atoms with Crippen molar-refractivity contribution in [3.63, 3.8) is 0 Å². The van der Waals surface area contributed by atoms with Gasteiger partial charge in [0.2, 0.25) is 0 Å². The summed E-state index contributed by atoms with van der Waals surface area (Å²) in [6, 6.07) is 20.5. The Bertz CT molecular complexity index is 1330. The molecule has 0 saturated carbocycles. The van der Waals surface area contributed by atoms with Gasteiger partial charge in [0.1, 0.15) is 0 Å². The predicted octanol–water partition coefficient (Wildman–Crippen LogP) is 7.26. The minimum atomic E-state index is -0.363. The van der Waals surface area contributed by atoms with Gasteiger partial charge in [-0.05, 0) is 64.3 Å². The van der Waals surface area contributed by atoms with E-state index >= 15 is 0 Å². The van der Waals surface area contributed by atoms with E-state index < -0.39 is 0 Å². The van der Waals surface area contributed by atoms with Crippen LogP contribution in [0.1, 0.15) is 17.0 Å². The Hall–Kier alpha value is -2.52. The number of carbonyl (C=O) groups is 1. The Morgan fingerprint density at radius 3 is 2.59 bits per heavy atom. The largest absolute Gasteiger partial charge is 0.331 e. The van der Waals surface area contributed by atoms with Crippen LogP contribution >= 0.6 is 50.9 Å². The lowest BCUT2D eigenvalue weighted by molar-refractivity contribution is 0.251. The number of amides is 2. The van der Waals surface area contributed by atoms with Gasteiger partial charge < -0.3 is 10.6 Å². The normalized spacial score (nSPS) is 10.8. The summed E-state index contributed by atoms with van der Waals surface area (Å²) >= 11 is 17.6. The van der Waals surface area contributed by atoms with Gasteiger partial charge in [-0.3, -0.25) is 4.57 Å². The number of anilines is 1. The lowest BCUT2D eigenvalue weighted by Gasteiger charge is -2.13. The number of halogens is 3. The summed E-state index contributed by atoms with van der Waals surface area (Å²) in [6.07, 6.45) is 0. The fourth-order valence-corrected chi connectivity index (χ4v) is 5.13. The van der Waals surface area contributed by atoms with E-state index in [2.05, 4.69) is 55.8 Å². The van der Waals surface area contributed by atoms with Crippen LogP contribution in [0.25, 0.3) is 5.69 Å². The number of benzene rings is 3. The highest BCUT2D eigenvalue weighted by Crippen LogP contribution is 2.31. The highest BCUT2D eigenvalue weighted by atomic mass is 79.9. The van der Waals surface area contributed by atoms with Gasteiger partial charge in [0, 0.05) is 15.2 Å². The van der Waals surface area contributed by atoms with Crippen LogP contribution in [0.5, 0.6) is 0 Å². The molecule has 10 heteroatoms. The van der Waals surface area contributed by atoms with E-state index in [4.69, 9.17) is 23.2 Å². The molecular formula is C24H20BrCl2N5OS. The topological polar surface area (TPSA) is 71.8 Å². The van der Waals surface area contributed by atoms with Gasteiger partial charge in [0.15, 0.2) is 11.0 Å². The molecule has 4 aromatic rings. The molecular weight excluding hydrogens is 557 g/mol. The molecule has 2 amide bonds. The van der Waals surface area contributed by atoms with Crippen molar-refractivity contribution in [1.29, 1.82) is 0 Å². The van der Waals surface area contributed by atoms with E-state index in [9.17, 15) is 4.79 Å². The molecule has 0 saturated heterocycles. The summed E-state index contributed by atoms with van der Waals surface area (Å²) in [5.74, 6) is 1.25. The fraction of sp³-hybridized carbons (Fsp3) is 0.125. The summed E-state index contributed by atoms with van der Waals surface area (Å²) in [7, 11) is 0. The minimum absolute atomic E-state index is 0.146. The first-order valence-electron chi connectivity index (χ1n) is 10.3. The van der Waals surface area contributed by atoms with Crippen molar-refractivity contribution in [3.05, 3.63) is 98.2 Å². The molecule has 0 unspecified atom stereocenters. The third kappa shape index (κ3) is 5.93. The van der Waals surface area contributed by atoms with Gasteiger partial charge in [0.25, 0.3) is 0 Å². The van der Waals surface area contributed by atoms with Crippen LogP contribution < -0.4 is 10.6 Å². The molecule has 0 bridgehead atoms. The summed E-state index contributed by atoms with van der Waals surface area (Å²) in [5.41, 5.74) is 3.76. The van der Waals surface area contributed by atoms with E-state index in [1.54, 1.807) is 30.0 Å². The van der Waals surface area contributed by atoms with Gasteiger partial charge in [-0.1, -0.05) is 71.4 Å². The Morgan fingerprint density at radius 1 is 1.06 bits per heavy atom. The first kappa shape index (κ1) is 24.6. The van der Waals surface area contributed by atoms with E-state index in [0.717, 1.165) is 4.47 Å². The van der Waals surface area contributed by atoms with Crippen LogP contribution in [0.2, 0.25) is 10.0 Å². The Labute approximate surface area is 220 Å². The maximum Gasteiger partial charge on any atom is 0.319 e. The van der Waals surface area contributed by atoms with Crippen molar-refractivity contribution in [2.24, 2.45) is 0 Å². The molecule has 174 valence electrons. The molecule has 2 N–H and O–H groups in total. The zero-order valence-corrected chi connectivity index (χ0v) is 22.0. The smallest absolute Gasteiger partial charge is 0.319 e. The van der Waals surface area contributed by atoms with Crippen molar-refractivity contribution >= 4 is 62.6 Å². The molecule has 0 atom stereocenters. The monoisotopic (exact) mass is 575 g/mol. The summed E-state index contributed by atoms with van der Waals surface area (Å²) in [6.45, 7) is 2.23. The van der Waals surface area contributed by atoms with Crippen LogP contribution in [0.15, 0.2) is 76.4 Å². The first-order chi connectivity index (χ1) is 16.4. The molecule has 0 radical (unpaired) electrons. The standard InChI is InChI=1S/C24H20BrCl2N5OS/c1-15-6-2-3-7-16(15)14-34-24-31-30-22(32(24)21-11-10-17(26)12-19(21)27)13-28-23(33)29-20-9-5-4-8-18(20)25/h2-12H,13-14H2,1H3,(H2,28,29,33). The van der Waals surface area contributed by atoms with Crippen LogP contribution in [-0.2, 0) is 12.3 Å². The van der Waals surface area contributed by atoms with Gasteiger partial charge in [-0.15, -0.1) is 10.2 Å². The van der Waals surface area contributed by atoms with Gasteiger partial charge in [0.05, 0.1) is 22.9 Å². The first-order valence-corrected chi connectivity index (χ1v) is 12.8. The third-order valence-electron chi connectivity index (χ3n) is 5.00. The van der Waals surface area contributed by atoms with E-state index in [1.165, 1.54) is 11.1 Å². The third-order valence-corrected chi connectivity index (χ3v) is 7.21. The number of thioether (sulfide) groups is 1. The van der Waals surface area contributed by atoms with Crippen molar-refractivity contribution in [2.75, 3.05) is 5.32 Å². The van der Waals surface area contributed by atoms with Crippen LogP contribution in [0.4, 0.5) is 10.5 Å². The van der Waals surface area contributed by atoms with Crippen molar-refractivity contribution in [1.82, 2.24) is 20.1 Å². The SMILES string of the molecule is Cc1ccccc1CSc1nnc(CNC(=O)Nc2ccccc2Br)n1-c1ccc(Cl)cc1Cl. The lowest BCUT2D eigenvalue weighted by Crippen LogP contribution is -2.29. The molecule has 0 spiro atoms. The van der Waals surface area contributed by atoms with Crippen LogP contribution in [-0.4, -0.2) is 20.8 Å².